The third-order valence-electron chi connectivity index (χ3n) is 6.39. The molecule has 2 aliphatic carbocycles. The van der Waals surface area contributed by atoms with Gasteiger partial charge >= 0.3 is 0 Å². The number of nitrogens with zero attached hydrogens (tertiary/aromatic N) is 2. The van der Waals surface area contributed by atoms with E-state index >= 15 is 0 Å². The van der Waals surface area contributed by atoms with Crippen molar-refractivity contribution in [1.82, 2.24) is 9.88 Å². The Balaban J connectivity index is 1.45. The molecule has 3 atom stereocenters. The molecule has 24 heavy (non-hydrogen) atoms. The van der Waals surface area contributed by atoms with Gasteiger partial charge in [0.05, 0.1) is 17.4 Å². The quantitative estimate of drug-likeness (QED) is 0.801. The summed E-state index contributed by atoms with van der Waals surface area (Å²) in [6.07, 6.45) is 9.55. The lowest BCUT2D eigenvalue weighted by molar-refractivity contribution is -0.103. The molecule has 2 saturated carbocycles. The minimum Gasteiger partial charge on any atom is -0.378 e. The molecular formula is C20H30N2O2. The van der Waals surface area contributed by atoms with Crippen LogP contribution in [0.25, 0.3) is 0 Å². The van der Waals surface area contributed by atoms with E-state index in [-0.39, 0.29) is 5.60 Å². The van der Waals surface area contributed by atoms with Gasteiger partial charge in [0.2, 0.25) is 0 Å². The van der Waals surface area contributed by atoms with Crippen molar-refractivity contribution in [3.63, 3.8) is 0 Å². The molecule has 0 spiro atoms. The van der Waals surface area contributed by atoms with Crippen LogP contribution in [0.1, 0.15) is 49.8 Å². The molecule has 0 N–H and O–H groups in total. The molecule has 0 radical (unpaired) electrons. The van der Waals surface area contributed by atoms with Crippen molar-refractivity contribution in [2.75, 3.05) is 20.3 Å². The van der Waals surface area contributed by atoms with E-state index in [2.05, 4.69) is 22.9 Å². The van der Waals surface area contributed by atoms with E-state index in [0.717, 1.165) is 51.3 Å². The van der Waals surface area contributed by atoms with Crippen LogP contribution in [0.4, 0.5) is 0 Å². The van der Waals surface area contributed by atoms with E-state index in [9.17, 15) is 0 Å². The number of hydrogen-bond donors (Lipinski definition) is 0. The highest BCUT2D eigenvalue weighted by Crippen LogP contribution is 2.44. The first-order valence-electron chi connectivity index (χ1n) is 9.51. The van der Waals surface area contributed by atoms with Crippen LogP contribution in [0.3, 0.4) is 0 Å². The Morgan fingerprint density at radius 1 is 1.29 bits per heavy atom. The Morgan fingerprint density at radius 3 is 2.92 bits per heavy atom. The van der Waals surface area contributed by atoms with Gasteiger partial charge in [-0.1, -0.05) is 6.07 Å². The van der Waals surface area contributed by atoms with E-state index < -0.39 is 0 Å². The maximum Gasteiger partial charge on any atom is 0.0847 e. The Morgan fingerprint density at radius 2 is 2.17 bits per heavy atom. The van der Waals surface area contributed by atoms with Crippen LogP contribution in [0.5, 0.6) is 0 Å². The van der Waals surface area contributed by atoms with Crippen LogP contribution < -0.4 is 0 Å². The molecule has 3 aliphatic rings. The van der Waals surface area contributed by atoms with Gasteiger partial charge in [0.1, 0.15) is 0 Å². The van der Waals surface area contributed by atoms with E-state index in [0.29, 0.717) is 12.1 Å². The van der Waals surface area contributed by atoms with Gasteiger partial charge in [0.15, 0.2) is 0 Å². The second-order valence-corrected chi connectivity index (χ2v) is 7.95. The number of aromatic nitrogens is 1. The van der Waals surface area contributed by atoms with Gasteiger partial charge in [-0.15, -0.1) is 0 Å². The van der Waals surface area contributed by atoms with E-state index in [1.54, 1.807) is 0 Å². The number of methoxy groups -OCH3 is 1. The lowest BCUT2D eigenvalue weighted by Gasteiger charge is -2.43. The molecule has 0 aromatic carbocycles. The van der Waals surface area contributed by atoms with Gasteiger partial charge in [-0.05, 0) is 63.0 Å². The Labute approximate surface area is 145 Å². The monoisotopic (exact) mass is 330 g/mol. The average molecular weight is 330 g/mol. The van der Waals surface area contributed by atoms with Crippen molar-refractivity contribution in [3.05, 3.63) is 29.6 Å². The second kappa shape index (κ2) is 6.74. The summed E-state index contributed by atoms with van der Waals surface area (Å²) in [4.78, 5) is 7.19. The number of likely N-dealkylation sites (tertiary alicyclic amines) is 1. The van der Waals surface area contributed by atoms with Crippen LogP contribution in [-0.4, -0.2) is 47.9 Å². The molecule has 132 valence electrons. The summed E-state index contributed by atoms with van der Waals surface area (Å²) in [6.45, 7) is 5.16. The van der Waals surface area contributed by atoms with Gasteiger partial charge in [0, 0.05) is 39.0 Å². The van der Waals surface area contributed by atoms with E-state index in [1.165, 1.54) is 24.1 Å². The minimum atomic E-state index is 0.0299. The van der Waals surface area contributed by atoms with Gasteiger partial charge in [-0.2, -0.15) is 0 Å². The fraction of sp³-hybridized carbons (Fsp3) is 0.750. The third-order valence-corrected chi connectivity index (χ3v) is 6.39. The first-order chi connectivity index (χ1) is 11.7. The summed E-state index contributed by atoms with van der Waals surface area (Å²) in [5.74, 6) is 0.843. The largest absolute Gasteiger partial charge is 0.378 e. The Hall–Kier alpha value is -0.970. The summed E-state index contributed by atoms with van der Waals surface area (Å²) < 4.78 is 12.3. The summed E-state index contributed by atoms with van der Waals surface area (Å²) in [5, 5.41) is 0. The molecule has 0 amide bonds. The predicted molar refractivity (Wildman–Crippen MR) is 93.8 cm³/mol. The smallest absolute Gasteiger partial charge is 0.0847 e. The molecule has 2 heterocycles. The van der Waals surface area contributed by atoms with Gasteiger partial charge < -0.3 is 9.47 Å². The molecule has 0 bridgehead atoms. The van der Waals surface area contributed by atoms with Crippen LogP contribution in [0.15, 0.2) is 18.3 Å². The van der Waals surface area contributed by atoms with Gasteiger partial charge in [0.25, 0.3) is 0 Å². The lowest BCUT2D eigenvalue weighted by atomic mass is 9.79. The molecule has 1 saturated heterocycles. The highest BCUT2D eigenvalue weighted by molar-refractivity contribution is 5.18. The molecule has 3 fully saturated rings. The third kappa shape index (κ3) is 3.24. The normalized spacial score (nSPS) is 33.6. The van der Waals surface area contributed by atoms with Crippen molar-refractivity contribution in [1.29, 1.82) is 0 Å². The fourth-order valence-electron chi connectivity index (χ4n) is 4.53. The highest BCUT2D eigenvalue weighted by Gasteiger charge is 2.51. The highest BCUT2D eigenvalue weighted by atomic mass is 16.5. The zero-order valence-electron chi connectivity index (χ0n) is 15.0. The van der Waals surface area contributed by atoms with Crippen molar-refractivity contribution < 1.29 is 9.47 Å². The van der Waals surface area contributed by atoms with Crippen LogP contribution >= 0.6 is 0 Å². The zero-order chi connectivity index (χ0) is 16.6. The number of ether oxygens (including phenoxy) is 2. The number of aryl methyl sites for hydroxylation is 1. The predicted octanol–water partition coefficient (Wildman–Crippen LogP) is 3.33. The molecule has 1 aromatic heterocycles. The van der Waals surface area contributed by atoms with Crippen molar-refractivity contribution in [3.8, 4) is 0 Å². The maximum absolute atomic E-state index is 6.23. The van der Waals surface area contributed by atoms with Gasteiger partial charge in [-0.3, -0.25) is 9.88 Å². The summed E-state index contributed by atoms with van der Waals surface area (Å²) in [5.41, 5.74) is 2.51. The van der Waals surface area contributed by atoms with Crippen molar-refractivity contribution in [2.24, 2.45) is 5.92 Å². The van der Waals surface area contributed by atoms with Crippen molar-refractivity contribution in [2.45, 2.75) is 69.7 Å². The molecule has 1 aliphatic heterocycles. The summed E-state index contributed by atoms with van der Waals surface area (Å²) in [6, 6.07) is 4.64. The standard InChI is InChI=1S/C20H30N2O2/c1-15-4-3-10-21-18(15)13-22-11-9-20(23-2)8-7-17(12-19(20)22)24-14-16-5-6-16/h3-4,10,16-17,19H,5-9,11-14H2,1-2H3/t17-,19-,20+/m0/s1. The number of rotatable bonds is 6. The van der Waals surface area contributed by atoms with Crippen LogP contribution in [0.2, 0.25) is 0 Å². The number of fused-ring (bicyclic) bond motifs is 1. The first kappa shape index (κ1) is 16.5. The maximum atomic E-state index is 6.23. The SMILES string of the molecule is CO[C@@]12CC[C@H](OCC3CC3)C[C@@H]1N(Cc1ncccc1C)CC2. The van der Waals surface area contributed by atoms with Gasteiger partial charge in [-0.25, -0.2) is 0 Å². The van der Waals surface area contributed by atoms with Crippen molar-refractivity contribution >= 4 is 0 Å². The molecule has 0 unspecified atom stereocenters. The first-order valence-corrected chi connectivity index (χ1v) is 9.51. The summed E-state index contributed by atoms with van der Waals surface area (Å²) >= 11 is 0. The number of pyridine rings is 1. The molecule has 1 aromatic rings. The Bertz CT molecular complexity index is 575. The molecule has 4 heteroatoms. The fourth-order valence-corrected chi connectivity index (χ4v) is 4.53. The minimum absolute atomic E-state index is 0.0299. The topological polar surface area (TPSA) is 34.6 Å². The molecule has 4 nitrogen and oxygen atoms in total. The van der Waals surface area contributed by atoms with Crippen LogP contribution in [-0.2, 0) is 16.0 Å². The molecular weight excluding hydrogens is 300 g/mol. The number of hydrogen-bond acceptors (Lipinski definition) is 4. The van der Waals surface area contributed by atoms with Crippen LogP contribution in [0, 0.1) is 12.8 Å². The average Bonchev–Trinajstić information content (AvgIpc) is 3.37. The van der Waals surface area contributed by atoms with E-state index in [1.807, 2.05) is 19.4 Å². The lowest BCUT2D eigenvalue weighted by Crippen LogP contribution is -2.51. The zero-order valence-corrected chi connectivity index (χ0v) is 15.0. The Kier molecular flexibility index (Phi) is 4.63. The summed E-state index contributed by atoms with van der Waals surface area (Å²) in [7, 11) is 1.90. The molecule has 4 rings (SSSR count). The van der Waals surface area contributed by atoms with E-state index in [4.69, 9.17) is 9.47 Å². The second-order valence-electron chi connectivity index (χ2n) is 7.95.